The molecule has 0 atom stereocenters. The van der Waals surface area contributed by atoms with Crippen molar-refractivity contribution in [3.63, 3.8) is 0 Å². The third-order valence-electron chi connectivity index (χ3n) is 2.88. The van der Waals surface area contributed by atoms with Crippen molar-refractivity contribution < 1.29 is 9.59 Å². The highest BCUT2D eigenvalue weighted by molar-refractivity contribution is 9.10. The number of hydrogen-bond donors (Lipinski definition) is 0. The molecule has 3 nitrogen and oxygen atoms in total. The van der Waals surface area contributed by atoms with Crippen LogP contribution in [0.25, 0.3) is 0 Å². The van der Waals surface area contributed by atoms with Crippen LogP contribution in [0.5, 0.6) is 0 Å². The second-order valence-electron chi connectivity index (χ2n) is 3.94. The summed E-state index contributed by atoms with van der Waals surface area (Å²) < 4.78 is 0.650. The number of carbonyl (C=O) groups is 2. The molecule has 0 unspecified atom stereocenters. The van der Waals surface area contributed by atoms with Crippen LogP contribution in [-0.2, 0) is 0 Å². The Bertz CT molecular complexity index is 652. The quantitative estimate of drug-likeness (QED) is 0.758. The van der Waals surface area contributed by atoms with Gasteiger partial charge in [0.25, 0.3) is 11.8 Å². The summed E-state index contributed by atoms with van der Waals surface area (Å²) in [5.41, 5.74) is 1.47. The van der Waals surface area contributed by atoms with Crippen molar-refractivity contribution in [1.29, 1.82) is 0 Å². The van der Waals surface area contributed by atoms with Crippen molar-refractivity contribution >= 4 is 33.4 Å². The zero-order chi connectivity index (χ0) is 12.7. The van der Waals surface area contributed by atoms with Crippen LogP contribution >= 0.6 is 15.9 Å². The van der Waals surface area contributed by atoms with E-state index < -0.39 is 0 Å². The second kappa shape index (κ2) is 4.07. The Morgan fingerprint density at radius 1 is 0.833 bits per heavy atom. The highest BCUT2D eigenvalue weighted by Gasteiger charge is 2.37. The van der Waals surface area contributed by atoms with Crippen LogP contribution in [0.15, 0.2) is 53.0 Å². The van der Waals surface area contributed by atoms with Crippen molar-refractivity contribution in [3.8, 4) is 0 Å². The summed E-state index contributed by atoms with van der Waals surface area (Å²) in [6, 6.07) is 14.1. The molecule has 0 aliphatic carbocycles. The van der Waals surface area contributed by atoms with E-state index in [4.69, 9.17) is 0 Å². The minimum atomic E-state index is -0.284. The summed E-state index contributed by atoms with van der Waals surface area (Å²) in [5.74, 6) is -0.559. The Kier molecular flexibility index (Phi) is 2.52. The van der Waals surface area contributed by atoms with E-state index in [1.54, 1.807) is 42.5 Å². The second-order valence-corrected chi connectivity index (χ2v) is 4.80. The fourth-order valence-electron chi connectivity index (χ4n) is 2.06. The first-order chi connectivity index (χ1) is 8.70. The van der Waals surface area contributed by atoms with Gasteiger partial charge in [0.15, 0.2) is 0 Å². The number of amides is 2. The van der Waals surface area contributed by atoms with E-state index in [0.29, 0.717) is 21.3 Å². The maximum Gasteiger partial charge on any atom is 0.267 e. The Morgan fingerprint density at radius 2 is 1.56 bits per heavy atom. The standard InChI is InChI=1S/C14H8BrNO2/c15-11-8-4-7-10-12(11)14(18)16(13(10)17)9-5-2-1-3-6-9/h1-8H. The topological polar surface area (TPSA) is 37.4 Å². The molecular formula is C14H8BrNO2. The molecule has 1 aliphatic rings. The van der Waals surface area contributed by atoms with Crippen LogP contribution < -0.4 is 4.90 Å². The molecule has 0 aromatic heterocycles. The van der Waals surface area contributed by atoms with E-state index in [2.05, 4.69) is 15.9 Å². The van der Waals surface area contributed by atoms with Crippen molar-refractivity contribution in [2.24, 2.45) is 0 Å². The molecule has 88 valence electrons. The van der Waals surface area contributed by atoms with E-state index in [0.717, 1.165) is 0 Å². The van der Waals surface area contributed by atoms with Gasteiger partial charge >= 0.3 is 0 Å². The summed E-state index contributed by atoms with van der Waals surface area (Å²) in [7, 11) is 0. The number of carbonyl (C=O) groups excluding carboxylic acids is 2. The molecule has 2 aromatic rings. The minimum Gasteiger partial charge on any atom is -0.268 e. The van der Waals surface area contributed by atoms with Crippen molar-refractivity contribution in [2.75, 3.05) is 4.90 Å². The number of imide groups is 1. The van der Waals surface area contributed by atoms with Gasteiger partial charge in [0.1, 0.15) is 0 Å². The zero-order valence-electron chi connectivity index (χ0n) is 9.26. The summed E-state index contributed by atoms with van der Waals surface area (Å²) in [5, 5.41) is 0. The monoisotopic (exact) mass is 301 g/mol. The van der Waals surface area contributed by atoms with Gasteiger partial charge in [0, 0.05) is 4.47 Å². The summed E-state index contributed by atoms with van der Waals surface area (Å²) in [6.45, 7) is 0. The summed E-state index contributed by atoms with van der Waals surface area (Å²) in [4.78, 5) is 25.8. The lowest BCUT2D eigenvalue weighted by Crippen LogP contribution is -2.29. The summed E-state index contributed by atoms with van der Waals surface area (Å²) in [6.07, 6.45) is 0. The van der Waals surface area contributed by atoms with Crippen LogP contribution in [0.3, 0.4) is 0 Å². The fourth-order valence-corrected chi connectivity index (χ4v) is 2.59. The number of benzene rings is 2. The van der Waals surface area contributed by atoms with E-state index in [9.17, 15) is 9.59 Å². The molecule has 2 amide bonds. The molecule has 0 spiro atoms. The van der Waals surface area contributed by atoms with Crippen LogP contribution in [0.2, 0.25) is 0 Å². The number of halogens is 1. The average Bonchev–Trinajstić information content (AvgIpc) is 2.64. The maximum atomic E-state index is 12.3. The Morgan fingerprint density at radius 3 is 2.22 bits per heavy atom. The number of nitrogens with zero attached hydrogens (tertiary/aromatic N) is 1. The van der Waals surface area contributed by atoms with Gasteiger partial charge in [0.05, 0.1) is 16.8 Å². The van der Waals surface area contributed by atoms with Crippen LogP contribution in [-0.4, -0.2) is 11.8 Å². The molecule has 0 saturated carbocycles. The first kappa shape index (κ1) is 11.2. The zero-order valence-corrected chi connectivity index (χ0v) is 10.8. The molecule has 2 aromatic carbocycles. The highest BCUT2D eigenvalue weighted by Crippen LogP contribution is 2.32. The highest BCUT2D eigenvalue weighted by atomic mass is 79.9. The number of para-hydroxylation sites is 1. The molecule has 0 bridgehead atoms. The molecule has 18 heavy (non-hydrogen) atoms. The average molecular weight is 302 g/mol. The van der Waals surface area contributed by atoms with Gasteiger partial charge in [-0.15, -0.1) is 0 Å². The largest absolute Gasteiger partial charge is 0.268 e. The molecule has 1 heterocycles. The van der Waals surface area contributed by atoms with Crippen LogP contribution in [0.4, 0.5) is 5.69 Å². The van der Waals surface area contributed by atoms with Crippen molar-refractivity contribution in [3.05, 3.63) is 64.1 Å². The van der Waals surface area contributed by atoms with Gasteiger partial charge in [-0.1, -0.05) is 24.3 Å². The Labute approximate surface area is 112 Å². The molecule has 3 rings (SSSR count). The lowest BCUT2D eigenvalue weighted by Gasteiger charge is -2.13. The van der Waals surface area contributed by atoms with Gasteiger partial charge < -0.3 is 0 Å². The van der Waals surface area contributed by atoms with Gasteiger partial charge in [-0.3, -0.25) is 9.59 Å². The molecule has 4 heteroatoms. The predicted octanol–water partition coefficient (Wildman–Crippen LogP) is 3.25. The first-order valence-corrected chi connectivity index (χ1v) is 6.22. The minimum absolute atomic E-state index is 0.275. The van der Waals surface area contributed by atoms with Crippen molar-refractivity contribution in [1.82, 2.24) is 0 Å². The van der Waals surface area contributed by atoms with E-state index >= 15 is 0 Å². The Hall–Kier alpha value is -1.94. The van der Waals surface area contributed by atoms with Gasteiger partial charge in [0.2, 0.25) is 0 Å². The van der Waals surface area contributed by atoms with Crippen LogP contribution in [0, 0.1) is 0 Å². The fraction of sp³-hybridized carbons (Fsp3) is 0. The molecule has 0 N–H and O–H groups in total. The number of hydrogen-bond acceptors (Lipinski definition) is 2. The van der Waals surface area contributed by atoms with E-state index in [1.807, 2.05) is 6.07 Å². The molecule has 1 aliphatic heterocycles. The number of rotatable bonds is 1. The lowest BCUT2D eigenvalue weighted by atomic mass is 10.1. The molecular weight excluding hydrogens is 294 g/mol. The predicted molar refractivity (Wildman–Crippen MR) is 71.7 cm³/mol. The Balaban J connectivity index is 2.17. The first-order valence-electron chi connectivity index (χ1n) is 5.42. The van der Waals surface area contributed by atoms with E-state index in [1.165, 1.54) is 4.90 Å². The van der Waals surface area contributed by atoms with E-state index in [-0.39, 0.29) is 11.8 Å². The number of fused-ring (bicyclic) bond motifs is 1. The molecule has 0 radical (unpaired) electrons. The summed E-state index contributed by atoms with van der Waals surface area (Å²) >= 11 is 3.32. The SMILES string of the molecule is O=C1c2cccc(Br)c2C(=O)N1c1ccccc1. The van der Waals surface area contributed by atoms with Gasteiger partial charge in [-0.05, 0) is 40.2 Å². The normalized spacial score (nSPS) is 13.9. The van der Waals surface area contributed by atoms with Gasteiger partial charge in [-0.2, -0.15) is 0 Å². The number of anilines is 1. The molecule has 0 saturated heterocycles. The van der Waals surface area contributed by atoms with Crippen LogP contribution in [0.1, 0.15) is 20.7 Å². The lowest BCUT2D eigenvalue weighted by molar-refractivity contribution is 0.0926. The van der Waals surface area contributed by atoms with Crippen molar-refractivity contribution in [2.45, 2.75) is 0 Å². The van der Waals surface area contributed by atoms with Gasteiger partial charge in [-0.25, -0.2) is 4.90 Å². The molecule has 0 fully saturated rings. The third-order valence-corrected chi connectivity index (χ3v) is 3.54. The maximum absolute atomic E-state index is 12.3. The smallest absolute Gasteiger partial charge is 0.267 e. The third kappa shape index (κ3) is 1.49.